The van der Waals surface area contributed by atoms with Crippen LogP contribution in [0.4, 0.5) is 13.2 Å². The molecule has 46 heavy (non-hydrogen) atoms. The molecule has 256 valence electrons. The van der Waals surface area contributed by atoms with E-state index in [1.54, 1.807) is 38.0 Å². The van der Waals surface area contributed by atoms with Crippen molar-refractivity contribution in [2.24, 2.45) is 0 Å². The van der Waals surface area contributed by atoms with Gasteiger partial charge in [-0.1, -0.05) is 38.2 Å². The van der Waals surface area contributed by atoms with Gasteiger partial charge in [-0.25, -0.2) is 18.0 Å². The summed E-state index contributed by atoms with van der Waals surface area (Å²) in [6, 6.07) is 2.13. The van der Waals surface area contributed by atoms with Crippen LogP contribution in [-0.2, 0) is 19.1 Å². The molecular formula is C36H51F3N2O5. The standard InChI is InChI=1S/C30H39F3N2O4.C6H12O/c1-7-9-26(30(37)38)23(5)18-21(3)12-15-35(20-36)19-24(39-6)14-17-34(8-2)16-13-22(4)25-10-11-27(31)29(33)28(25)32;1-4-6(3)7-5-2/h1,10-11,13,18,20,24H,8-9,12,14-17,19H2,2-6H3,(H,37,38);3-5H2,1-2H3/b21-18+,22-13-,26-23+;. The van der Waals surface area contributed by atoms with Crippen LogP contribution in [0.2, 0.25) is 0 Å². The predicted molar refractivity (Wildman–Crippen MR) is 178 cm³/mol. The molecule has 0 fully saturated rings. The molecule has 10 heteroatoms. The minimum atomic E-state index is -1.48. The molecule has 0 aliphatic carbocycles. The lowest BCUT2D eigenvalue weighted by atomic mass is 10.0. The molecule has 0 bridgehead atoms. The molecule has 1 atom stereocenters. The molecule has 7 nitrogen and oxygen atoms in total. The highest BCUT2D eigenvalue weighted by Crippen LogP contribution is 2.22. The average Bonchev–Trinajstić information content (AvgIpc) is 3.03. The van der Waals surface area contributed by atoms with Crippen LogP contribution >= 0.6 is 0 Å². The van der Waals surface area contributed by atoms with E-state index in [4.69, 9.17) is 15.9 Å². The van der Waals surface area contributed by atoms with Gasteiger partial charge in [-0.15, -0.1) is 12.3 Å². The molecule has 0 aromatic heterocycles. The van der Waals surface area contributed by atoms with Crippen LogP contribution in [0.1, 0.15) is 72.8 Å². The first-order chi connectivity index (χ1) is 21.8. The number of carbonyl (C=O) groups is 2. The zero-order chi connectivity index (χ0) is 35.2. The Morgan fingerprint density at radius 3 is 2.30 bits per heavy atom. The van der Waals surface area contributed by atoms with Crippen LogP contribution in [0.25, 0.3) is 5.57 Å². The largest absolute Gasteiger partial charge is 0.499 e. The first kappa shape index (κ1) is 42.2. The first-order valence-corrected chi connectivity index (χ1v) is 15.4. The molecule has 0 saturated heterocycles. The van der Waals surface area contributed by atoms with Gasteiger partial charge in [0, 0.05) is 51.7 Å². The molecule has 0 radical (unpaired) electrons. The van der Waals surface area contributed by atoms with Crippen molar-refractivity contribution in [3.05, 3.63) is 76.4 Å². The Morgan fingerprint density at radius 2 is 1.80 bits per heavy atom. The Labute approximate surface area is 273 Å². The number of benzene rings is 1. The summed E-state index contributed by atoms with van der Waals surface area (Å²) in [6.45, 7) is 18.2. The minimum absolute atomic E-state index is 0.0200. The number of aliphatic carboxylic acids is 1. The lowest BCUT2D eigenvalue weighted by Crippen LogP contribution is -2.36. The predicted octanol–water partition coefficient (Wildman–Crippen LogP) is 7.40. The molecule has 1 rings (SSSR count). The van der Waals surface area contributed by atoms with E-state index in [2.05, 4.69) is 17.4 Å². The number of ether oxygens (including phenoxy) is 2. The number of nitrogens with zero attached hydrogens (tertiary/aromatic N) is 2. The number of likely N-dealkylation sites (N-methyl/N-ethyl adjacent to an activating group) is 1. The summed E-state index contributed by atoms with van der Waals surface area (Å²) < 4.78 is 51.5. The van der Waals surface area contributed by atoms with Gasteiger partial charge in [0.15, 0.2) is 17.5 Å². The number of hydrogen-bond donors (Lipinski definition) is 1. The van der Waals surface area contributed by atoms with Crippen LogP contribution in [0.3, 0.4) is 0 Å². The average molecular weight is 649 g/mol. The van der Waals surface area contributed by atoms with Crippen molar-refractivity contribution >= 4 is 18.0 Å². The van der Waals surface area contributed by atoms with Crippen LogP contribution in [-0.4, -0.2) is 79.8 Å². The Morgan fingerprint density at radius 1 is 1.13 bits per heavy atom. The second kappa shape index (κ2) is 23.5. The summed E-state index contributed by atoms with van der Waals surface area (Å²) in [5.74, 6) is -1.72. The Balaban J connectivity index is 0.00000258. The van der Waals surface area contributed by atoms with Crippen LogP contribution < -0.4 is 0 Å². The zero-order valence-electron chi connectivity index (χ0n) is 28.4. The zero-order valence-corrected chi connectivity index (χ0v) is 28.4. The van der Waals surface area contributed by atoms with Crippen molar-refractivity contribution < 1.29 is 37.3 Å². The number of halogens is 3. The summed E-state index contributed by atoms with van der Waals surface area (Å²) in [6.07, 6.45) is 11.5. The van der Waals surface area contributed by atoms with Crippen molar-refractivity contribution in [3.63, 3.8) is 0 Å². The van der Waals surface area contributed by atoms with Gasteiger partial charge < -0.3 is 19.5 Å². The number of amides is 1. The summed E-state index contributed by atoms with van der Waals surface area (Å²) in [4.78, 5) is 26.8. The van der Waals surface area contributed by atoms with Gasteiger partial charge in [0.05, 0.1) is 24.0 Å². The lowest BCUT2D eigenvalue weighted by molar-refractivity contribution is -0.132. The Kier molecular flexibility index (Phi) is 21.6. The molecule has 0 aliphatic heterocycles. The Bertz CT molecular complexity index is 1270. The highest BCUT2D eigenvalue weighted by atomic mass is 19.2. The lowest BCUT2D eigenvalue weighted by Gasteiger charge is -2.26. The fourth-order valence-corrected chi connectivity index (χ4v) is 4.28. The summed E-state index contributed by atoms with van der Waals surface area (Å²) in [7, 11) is 1.58. The number of carbonyl (C=O) groups excluding carboxylic acids is 1. The SMILES string of the molecule is C#CC/C(C(=O)O)=C(C)\C=C(/C)CCN(C=O)CC(CCN(CC)C/C=C(/C)c1ccc(F)c(F)c1F)OC.C=C(CC)OCC. The van der Waals surface area contributed by atoms with E-state index < -0.39 is 23.4 Å². The van der Waals surface area contributed by atoms with Gasteiger partial charge in [-0.3, -0.25) is 9.69 Å². The van der Waals surface area contributed by atoms with E-state index in [9.17, 15) is 27.9 Å². The molecule has 0 spiro atoms. The molecule has 1 amide bonds. The van der Waals surface area contributed by atoms with Crippen molar-refractivity contribution in [2.75, 3.05) is 46.4 Å². The van der Waals surface area contributed by atoms with E-state index >= 15 is 0 Å². The fraction of sp³-hybridized carbons (Fsp3) is 0.500. The second-order valence-electron chi connectivity index (χ2n) is 10.7. The second-order valence-corrected chi connectivity index (χ2v) is 10.7. The maximum Gasteiger partial charge on any atom is 0.332 e. The van der Waals surface area contributed by atoms with Crippen LogP contribution in [0.15, 0.2) is 53.3 Å². The third kappa shape index (κ3) is 16.0. The monoisotopic (exact) mass is 648 g/mol. The third-order valence-electron chi connectivity index (χ3n) is 7.26. The van der Waals surface area contributed by atoms with E-state index in [1.807, 2.05) is 27.7 Å². The number of rotatable bonds is 20. The highest BCUT2D eigenvalue weighted by molar-refractivity contribution is 5.88. The molecule has 1 aromatic carbocycles. The molecular weight excluding hydrogens is 597 g/mol. The first-order valence-electron chi connectivity index (χ1n) is 15.4. The van der Waals surface area contributed by atoms with Gasteiger partial charge in [0.2, 0.25) is 6.41 Å². The molecule has 0 saturated carbocycles. The van der Waals surface area contributed by atoms with E-state index in [1.165, 1.54) is 6.07 Å². The molecule has 0 heterocycles. The number of hydrogen-bond acceptors (Lipinski definition) is 5. The molecule has 1 unspecified atom stereocenters. The number of methoxy groups -OCH3 is 1. The van der Waals surface area contributed by atoms with Gasteiger partial charge >= 0.3 is 5.97 Å². The quantitative estimate of drug-likeness (QED) is 0.0397. The van der Waals surface area contributed by atoms with Gasteiger partial charge in [-0.05, 0) is 70.4 Å². The van der Waals surface area contributed by atoms with E-state index in [0.29, 0.717) is 56.7 Å². The topological polar surface area (TPSA) is 79.3 Å². The number of carboxylic acid groups (broad SMARTS) is 1. The summed E-state index contributed by atoms with van der Waals surface area (Å²) in [5, 5.41) is 9.32. The number of terminal acetylenes is 1. The van der Waals surface area contributed by atoms with Crippen molar-refractivity contribution in [2.45, 2.75) is 73.3 Å². The van der Waals surface area contributed by atoms with E-state index in [-0.39, 0.29) is 23.7 Å². The Hall–Kier alpha value is -3.81. The van der Waals surface area contributed by atoms with Crippen molar-refractivity contribution in [1.82, 2.24) is 9.80 Å². The highest BCUT2D eigenvalue weighted by Gasteiger charge is 2.16. The van der Waals surface area contributed by atoms with Crippen molar-refractivity contribution in [3.8, 4) is 12.3 Å². The maximum atomic E-state index is 14.1. The van der Waals surface area contributed by atoms with Crippen LogP contribution in [0.5, 0.6) is 0 Å². The minimum Gasteiger partial charge on any atom is -0.499 e. The number of allylic oxidation sites excluding steroid dienone is 4. The molecule has 1 aromatic rings. The van der Waals surface area contributed by atoms with Gasteiger partial charge in [0.25, 0.3) is 0 Å². The normalized spacial score (nSPS) is 12.8. The third-order valence-corrected chi connectivity index (χ3v) is 7.26. The smallest absolute Gasteiger partial charge is 0.332 e. The van der Waals surface area contributed by atoms with Crippen LogP contribution in [0, 0.1) is 29.8 Å². The van der Waals surface area contributed by atoms with Gasteiger partial charge in [0.1, 0.15) is 0 Å². The van der Waals surface area contributed by atoms with E-state index in [0.717, 1.165) is 36.8 Å². The molecule has 1 N–H and O–H groups in total. The number of carboxylic acids is 1. The summed E-state index contributed by atoms with van der Waals surface area (Å²) >= 11 is 0. The fourth-order valence-electron chi connectivity index (χ4n) is 4.28. The summed E-state index contributed by atoms with van der Waals surface area (Å²) in [5.41, 5.74) is 2.20. The van der Waals surface area contributed by atoms with Gasteiger partial charge in [-0.2, -0.15) is 0 Å². The molecule has 0 aliphatic rings. The van der Waals surface area contributed by atoms with Crippen molar-refractivity contribution in [1.29, 1.82) is 0 Å². The maximum absolute atomic E-state index is 14.1.